The van der Waals surface area contributed by atoms with Crippen LogP contribution in [0.15, 0.2) is 59.9 Å². The summed E-state index contributed by atoms with van der Waals surface area (Å²) < 4.78 is 5.29. The molecular formula is C24H25NO6. The lowest BCUT2D eigenvalue weighted by atomic mass is 9.92. The van der Waals surface area contributed by atoms with Crippen LogP contribution in [0.1, 0.15) is 47.8 Å². The van der Waals surface area contributed by atoms with Gasteiger partial charge in [0.1, 0.15) is 5.75 Å². The third kappa shape index (κ3) is 4.60. The van der Waals surface area contributed by atoms with Crippen LogP contribution in [-0.2, 0) is 16.1 Å². The molecule has 0 aliphatic carbocycles. The Labute approximate surface area is 180 Å². The Balaban J connectivity index is 2.03. The van der Waals surface area contributed by atoms with Crippen molar-refractivity contribution < 1.29 is 29.3 Å². The van der Waals surface area contributed by atoms with Gasteiger partial charge >= 0.3 is 5.97 Å². The molecular weight excluding hydrogens is 398 g/mol. The number of aliphatic hydroxyl groups is 1. The van der Waals surface area contributed by atoms with E-state index in [1.54, 1.807) is 36.4 Å². The van der Waals surface area contributed by atoms with Crippen molar-refractivity contribution in [2.24, 2.45) is 5.92 Å². The topological polar surface area (TPSA) is 104 Å². The van der Waals surface area contributed by atoms with Crippen LogP contribution in [0.3, 0.4) is 0 Å². The Morgan fingerprint density at radius 1 is 1.13 bits per heavy atom. The number of hydrogen-bond donors (Lipinski definition) is 2. The molecule has 0 saturated carbocycles. The first kappa shape index (κ1) is 22.1. The van der Waals surface area contributed by atoms with E-state index in [0.29, 0.717) is 16.9 Å². The smallest absolute Gasteiger partial charge is 0.335 e. The van der Waals surface area contributed by atoms with Gasteiger partial charge in [-0.25, -0.2) is 4.79 Å². The van der Waals surface area contributed by atoms with Gasteiger partial charge in [0.25, 0.3) is 5.91 Å². The van der Waals surface area contributed by atoms with E-state index in [-0.39, 0.29) is 35.8 Å². The summed E-state index contributed by atoms with van der Waals surface area (Å²) in [4.78, 5) is 38.5. The van der Waals surface area contributed by atoms with Crippen molar-refractivity contribution in [2.75, 3.05) is 7.11 Å². The zero-order valence-electron chi connectivity index (χ0n) is 17.7. The molecule has 7 heteroatoms. The maximum Gasteiger partial charge on any atom is 0.335 e. The number of carbonyl (C=O) groups is 3. The first-order chi connectivity index (χ1) is 14.7. The molecule has 0 saturated heterocycles. The minimum Gasteiger partial charge on any atom is -0.503 e. The van der Waals surface area contributed by atoms with Crippen molar-refractivity contribution in [1.82, 2.24) is 4.90 Å². The van der Waals surface area contributed by atoms with Gasteiger partial charge < -0.3 is 19.8 Å². The van der Waals surface area contributed by atoms with Crippen LogP contribution < -0.4 is 4.74 Å². The fraction of sp³-hybridized carbons (Fsp3) is 0.292. The van der Waals surface area contributed by atoms with E-state index in [1.807, 2.05) is 13.8 Å². The van der Waals surface area contributed by atoms with Gasteiger partial charge in [-0.15, -0.1) is 0 Å². The summed E-state index contributed by atoms with van der Waals surface area (Å²) in [5, 5.41) is 19.7. The molecule has 1 amide bonds. The highest BCUT2D eigenvalue weighted by atomic mass is 16.5. The van der Waals surface area contributed by atoms with Crippen LogP contribution in [0.5, 0.6) is 5.75 Å². The molecule has 2 aromatic carbocycles. The van der Waals surface area contributed by atoms with Gasteiger partial charge in [0.15, 0.2) is 11.5 Å². The number of Topliss-reactive ketones (excluding diaryl/α,β-unsaturated/α-hetero) is 1. The summed E-state index contributed by atoms with van der Waals surface area (Å²) in [7, 11) is 1.53. The lowest BCUT2D eigenvalue weighted by molar-refractivity contribution is -0.130. The normalized spacial score (nSPS) is 16.2. The van der Waals surface area contributed by atoms with E-state index in [2.05, 4.69) is 0 Å². The van der Waals surface area contributed by atoms with Crippen LogP contribution in [0, 0.1) is 5.92 Å². The van der Waals surface area contributed by atoms with Crippen LogP contribution in [-0.4, -0.2) is 39.9 Å². The summed E-state index contributed by atoms with van der Waals surface area (Å²) in [6.45, 7) is 3.90. The van der Waals surface area contributed by atoms with Crippen LogP contribution in [0.25, 0.3) is 0 Å². The number of carbonyl (C=O) groups excluding carboxylic acids is 2. The fourth-order valence-corrected chi connectivity index (χ4v) is 3.69. The van der Waals surface area contributed by atoms with Crippen molar-refractivity contribution >= 4 is 17.7 Å². The predicted octanol–water partition coefficient (Wildman–Crippen LogP) is 3.90. The Morgan fingerprint density at radius 2 is 1.81 bits per heavy atom. The molecule has 7 nitrogen and oxygen atoms in total. The number of aromatic carboxylic acids is 1. The van der Waals surface area contributed by atoms with E-state index in [9.17, 15) is 19.5 Å². The third-order valence-electron chi connectivity index (χ3n) is 5.16. The molecule has 31 heavy (non-hydrogen) atoms. The Morgan fingerprint density at radius 3 is 2.39 bits per heavy atom. The van der Waals surface area contributed by atoms with Crippen molar-refractivity contribution in [2.45, 2.75) is 32.9 Å². The summed E-state index contributed by atoms with van der Waals surface area (Å²) in [6.07, 6.45) is 0.203. The standard InChI is InChI=1S/C24H25NO6/c1-14(2)11-19(26)20-21(17-5-4-6-18(12-17)31-3)25(23(28)22(20)27)13-15-7-9-16(10-8-15)24(29)30/h4-10,12,14,21,27H,11,13H2,1-3H3,(H,29,30). The highest BCUT2D eigenvalue weighted by molar-refractivity contribution is 6.09. The Bertz CT molecular complexity index is 1040. The highest BCUT2D eigenvalue weighted by Gasteiger charge is 2.43. The van der Waals surface area contributed by atoms with Crippen LogP contribution in [0.4, 0.5) is 0 Å². The first-order valence-corrected chi connectivity index (χ1v) is 9.96. The maximum absolute atomic E-state index is 13.0. The Hall–Kier alpha value is -3.61. The molecule has 1 heterocycles. The van der Waals surface area contributed by atoms with Gasteiger partial charge in [-0.3, -0.25) is 9.59 Å². The van der Waals surface area contributed by atoms with Gasteiger partial charge in [0, 0.05) is 13.0 Å². The summed E-state index contributed by atoms with van der Waals surface area (Å²) >= 11 is 0. The van der Waals surface area contributed by atoms with E-state index in [0.717, 1.165) is 0 Å². The average molecular weight is 423 g/mol. The van der Waals surface area contributed by atoms with Crippen molar-refractivity contribution in [3.63, 3.8) is 0 Å². The van der Waals surface area contributed by atoms with Crippen LogP contribution in [0.2, 0.25) is 0 Å². The number of aliphatic hydroxyl groups excluding tert-OH is 1. The molecule has 1 unspecified atom stereocenters. The number of carboxylic acids is 1. The quantitative estimate of drug-likeness (QED) is 0.667. The second-order valence-electron chi connectivity index (χ2n) is 7.90. The zero-order valence-corrected chi connectivity index (χ0v) is 17.7. The van der Waals surface area contributed by atoms with Crippen molar-refractivity contribution in [1.29, 1.82) is 0 Å². The molecule has 0 bridgehead atoms. The van der Waals surface area contributed by atoms with E-state index < -0.39 is 23.7 Å². The molecule has 1 aliphatic heterocycles. The molecule has 1 atom stereocenters. The lowest BCUT2D eigenvalue weighted by Crippen LogP contribution is -2.30. The number of benzene rings is 2. The molecule has 0 aromatic heterocycles. The van der Waals surface area contributed by atoms with Gasteiger partial charge in [-0.05, 0) is 41.3 Å². The van der Waals surface area contributed by atoms with Gasteiger partial charge in [0.2, 0.25) is 0 Å². The Kier molecular flexibility index (Phi) is 6.44. The largest absolute Gasteiger partial charge is 0.503 e. The first-order valence-electron chi connectivity index (χ1n) is 9.96. The molecule has 0 spiro atoms. The predicted molar refractivity (Wildman–Crippen MR) is 114 cm³/mol. The second kappa shape index (κ2) is 9.04. The molecule has 1 aliphatic rings. The number of ketones is 1. The number of nitrogens with zero attached hydrogens (tertiary/aromatic N) is 1. The van der Waals surface area contributed by atoms with E-state index in [4.69, 9.17) is 9.84 Å². The fourth-order valence-electron chi connectivity index (χ4n) is 3.69. The molecule has 3 rings (SSSR count). The van der Waals surface area contributed by atoms with Crippen molar-refractivity contribution in [3.05, 3.63) is 76.6 Å². The van der Waals surface area contributed by atoms with E-state index >= 15 is 0 Å². The molecule has 2 aromatic rings. The molecule has 2 N–H and O–H groups in total. The lowest BCUT2D eigenvalue weighted by Gasteiger charge is -2.27. The number of carboxylic acid groups (broad SMARTS) is 1. The number of hydrogen-bond acceptors (Lipinski definition) is 5. The average Bonchev–Trinajstić information content (AvgIpc) is 2.98. The van der Waals surface area contributed by atoms with Crippen LogP contribution >= 0.6 is 0 Å². The number of methoxy groups -OCH3 is 1. The van der Waals surface area contributed by atoms with Crippen molar-refractivity contribution in [3.8, 4) is 5.75 Å². The molecule has 162 valence electrons. The third-order valence-corrected chi connectivity index (χ3v) is 5.16. The number of amides is 1. The van der Waals surface area contributed by atoms with Gasteiger partial charge in [-0.2, -0.15) is 0 Å². The number of rotatable bonds is 8. The summed E-state index contributed by atoms with van der Waals surface area (Å²) in [6, 6.07) is 12.4. The number of ether oxygens (including phenoxy) is 1. The molecule has 0 radical (unpaired) electrons. The van der Waals surface area contributed by atoms with E-state index in [1.165, 1.54) is 24.1 Å². The minimum atomic E-state index is -1.04. The second-order valence-corrected chi connectivity index (χ2v) is 7.90. The van der Waals surface area contributed by atoms with Gasteiger partial charge in [-0.1, -0.05) is 38.1 Å². The SMILES string of the molecule is COc1cccc(C2C(C(=O)CC(C)C)=C(O)C(=O)N2Cc2ccc(C(=O)O)cc2)c1. The maximum atomic E-state index is 13.0. The van der Waals surface area contributed by atoms with Gasteiger partial charge in [0.05, 0.1) is 24.3 Å². The zero-order chi connectivity index (χ0) is 22.7. The molecule has 0 fully saturated rings. The highest BCUT2D eigenvalue weighted by Crippen LogP contribution is 2.40. The summed E-state index contributed by atoms with van der Waals surface area (Å²) in [5.74, 6) is -1.87. The summed E-state index contributed by atoms with van der Waals surface area (Å²) in [5.41, 5.74) is 1.53. The monoisotopic (exact) mass is 423 g/mol. The minimum absolute atomic E-state index is 0.0616.